The monoisotopic (exact) mass is 303 g/mol. The van der Waals surface area contributed by atoms with Gasteiger partial charge in [0.05, 0.1) is 17.2 Å². The molecule has 21 heavy (non-hydrogen) atoms. The van der Waals surface area contributed by atoms with Crippen LogP contribution < -0.4 is 5.32 Å². The smallest absolute Gasteiger partial charge is 0.194 e. The molecule has 0 bridgehead atoms. The number of hydrogen-bond acceptors (Lipinski definition) is 4. The Morgan fingerprint density at radius 1 is 1.38 bits per heavy atom. The van der Waals surface area contributed by atoms with Crippen molar-refractivity contribution in [3.8, 4) is 0 Å². The van der Waals surface area contributed by atoms with Crippen molar-refractivity contribution < 1.29 is 0 Å². The molecule has 2 aromatic heterocycles. The van der Waals surface area contributed by atoms with Crippen molar-refractivity contribution >= 4 is 17.3 Å². The fourth-order valence-electron chi connectivity index (χ4n) is 1.97. The molecule has 0 aliphatic rings. The van der Waals surface area contributed by atoms with E-state index in [4.69, 9.17) is 0 Å². The van der Waals surface area contributed by atoms with Crippen LogP contribution in [0.2, 0.25) is 0 Å². The van der Waals surface area contributed by atoms with Gasteiger partial charge < -0.3 is 10.2 Å². The Morgan fingerprint density at radius 3 is 2.76 bits per heavy atom. The van der Waals surface area contributed by atoms with Gasteiger partial charge in [-0.1, -0.05) is 6.07 Å². The minimum atomic E-state index is 0.709. The topological polar surface area (TPSA) is 53.4 Å². The molecule has 0 amide bonds. The maximum absolute atomic E-state index is 4.48. The van der Waals surface area contributed by atoms with E-state index in [9.17, 15) is 0 Å². The molecule has 0 saturated carbocycles. The lowest BCUT2D eigenvalue weighted by Crippen LogP contribution is -2.38. The van der Waals surface area contributed by atoms with Crippen molar-refractivity contribution in [3.63, 3.8) is 0 Å². The number of hydrogen-bond donors (Lipinski definition) is 1. The van der Waals surface area contributed by atoms with Crippen LogP contribution in [0.4, 0.5) is 0 Å². The van der Waals surface area contributed by atoms with Crippen molar-refractivity contribution in [1.82, 2.24) is 20.2 Å². The van der Waals surface area contributed by atoms with E-state index in [1.165, 1.54) is 0 Å². The average molecular weight is 303 g/mol. The molecule has 2 heterocycles. The summed E-state index contributed by atoms with van der Waals surface area (Å²) in [6.07, 6.45) is 1.89. The first-order chi connectivity index (χ1) is 10.1. The molecule has 2 rings (SSSR count). The van der Waals surface area contributed by atoms with Crippen molar-refractivity contribution in [1.29, 1.82) is 0 Å². The van der Waals surface area contributed by atoms with Gasteiger partial charge in [0.15, 0.2) is 5.96 Å². The summed E-state index contributed by atoms with van der Waals surface area (Å²) in [5, 5.41) is 6.52. The Morgan fingerprint density at radius 2 is 2.19 bits per heavy atom. The Labute approximate surface area is 129 Å². The molecule has 0 spiro atoms. The van der Waals surface area contributed by atoms with Crippen LogP contribution in [-0.4, -0.2) is 34.9 Å². The third-order valence-electron chi connectivity index (χ3n) is 3.06. The maximum atomic E-state index is 4.48. The number of pyridine rings is 1. The predicted octanol–water partition coefficient (Wildman–Crippen LogP) is 2.36. The first-order valence-electron chi connectivity index (χ1n) is 6.83. The van der Waals surface area contributed by atoms with Gasteiger partial charge in [-0.25, -0.2) is 4.98 Å². The van der Waals surface area contributed by atoms with Gasteiger partial charge in [-0.3, -0.25) is 9.98 Å². The summed E-state index contributed by atoms with van der Waals surface area (Å²) in [7, 11) is 3.80. The lowest BCUT2D eigenvalue weighted by Gasteiger charge is -2.21. The van der Waals surface area contributed by atoms with Crippen molar-refractivity contribution in [2.45, 2.75) is 26.9 Å². The summed E-state index contributed by atoms with van der Waals surface area (Å²) in [6.45, 7) is 5.46. The van der Waals surface area contributed by atoms with Crippen LogP contribution in [0, 0.1) is 13.8 Å². The second-order valence-corrected chi connectivity index (χ2v) is 5.98. The molecule has 1 N–H and O–H groups in total. The van der Waals surface area contributed by atoms with Gasteiger partial charge >= 0.3 is 0 Å². The molecule has 2 aromatic rings. The summed E-state index contributed by atoms with van der Waals surface area (Å²) in [5.74, 6) is 0.848. The summed E-state index contributed by atoms with van der Waals surface area (Å²) >= 11 is 1.67. The fourth-order valence-corrected chi connectivity index (χ4v) is 2.57. The van der Waals surface area contributed by atoms with E-state index < -0.39 is 0 Å². The zero-order valence-corrected chi connectivity index (χ0v) is 13.7. The molecule has 0 aliphatic heterocycles. The Balaban J connectivity index is 1.91. The molecular formula is C15H21N5S. The molecule has 0 atom stereocenters. The molecular weight excluding hydrogens is 282 g/mol. The molecule has 0 aromatic carbocycles. The molecule has 5 nitrogen and oxygen atoms in total. The number of thiazole rings is 1. The highest BCUT2D eigenvalue weighted by Crippen LogP contribution is 2.09. The van der Waals surface area contributed by atoms with Gasteiger partial charge in [0.1, 0.15) is 0 Å². The van der Waals surface area contributed by atoms with Crippen molar-refractivity contribution in [3.05, 3.63) is 45.7 Å². The van der Waals surface area contributed by atoms with Crippen LogP contribution in [0.3, 0.4) is 0 Å². The molecule has 6 heteroatoms. The van der Waals surface area contributed by atoms with E-state index in [1.807, 2.05) is 33.2 Å². The summed E-state index contributed by atoms with van der Waals surface area (Å²) < 4.78 is 0. The Hall–Kier alpha value is -1.95. The Kier molecular flexibility index (Phi) is 5.27. The number of nitrogens with one attached hydrogen (secondary N) is 1. The zero-order valence-electron chi connectivity index (χ0n) is 12.9. The van der Waals surface area contributed by atoms with E-state index >= 15 is 0 Å². The normalized spacial score (nSPS) is 11.5. The summed E-state index contributed by atoms with van der Waals surface area (Å²) in [5.41, 5.74) is 3.23. The second kappa shape index (κ2) is 7.17. The highest BCUT2D eigenvalue weighted by Gasteiger charge is 2.08. The second-order valence-electron chi connectivity index (χ2n) is 4.92. The minimum Gasteiger partial charge on any atom is -0.352 e. The van der Waals surface area contributed by atoms with Crippen molar-refractivity contribution in [2.24, 2.45) is 4.99 Å². The standard InChI is InChI=1S/C15H21N5S/c1-11-5-6-13(7-17-11)8-18-15(16-3)20(4)9-14-10-21-12(2)19-14/h5-7,10H,8-9H2,1-4H3,(H,16,18). The number of nitrogens with zero attached hydrogens (tertiary/aromatic N) is 4. The largest absolute Gasteiger partial charge is 0.352 e. The molecule has 0 fully saturated rings. The van der Waals surface area contributed by atoms with Gasteiger partial charge in [0.25, 0.3) is 0 Å². The third-order valence-corrected chi connectivity index (χ3v) is 3.88. The lowest BCUT2D eigenvalue weighted by molar-refractivity contribution is 0.470. The Bertz CT molecular complexity index is 603. The lowest BCUT2D eigenvalue weighted by atomic mass is 10.2. The molecule has 0 radical (unpaired) electrons. The van der Waals surface area contributed by atoms with Crippen LogP contribution >= 0.6 is 11.3 Å². The minimum absolute atomic E-state index is 0.709. The first-order valence-corrected chi connectivity index (χ1v) is 7.71. The molecule has 112 valence electrons. The van der Waals surface area contributed by atoms with Crippen LogP contribution in [0.25, 0.3) is 0 Å². The number of rotatable bonds is 4. The van der Waals surface area contributed by atoms with E-state index in [0.29, 0.717) is 6.54 Å². The predicted molar refractivity (Wildman–Crippen MR) is 87.5 cm³/mol. The van der Waals surface area contributed by atoms with Gasteiger partial charge in [-0.2, -0.15) is 0 Å². The fraction of sp³-hybridized carbons (Fsp3) is 0.400. The summed E-state index contributed by atoms with van der Waals surface area (Å²) in [4.78, 5) is 15.2. The highest BCUT2D eigenvalue weighted by molar-refractivity contribution is 7.09. The van der Waals surface area contributed by atoms with Crippen molar-refractivity contribution in [2.75, 3.05) is 14.1 Å². The van der Waals surface area contributed by atoms with Crippen LogP contribution in [0.1, 0.15) is 22.0 Å². The van der Waals surface area contributed by atoms with E-state index in [-0.39, 0.29) is 0 Å². The number of guanidine groups is 1. The van der Waals surface area contributed by atoms with Crippen LogP contribution in [0.15, 0.2) is 28.7 Å². The maximum Gasteiger partial charge on any atom is 0.194 e. The van der Waals surface area contributed by atoms with E-state index in [2.05, 4.69) is 36.6 Å². The van der Waals surface area contributed by atoms with E-state index in [0.717, 1.165) is 34.5 Å². The van der Waals surface area contributed by atoms with Gasteiger partial charge in [0.2, 0.25) is 0 Å². The first kappa shape index (κ1) is 15.4. The van der Waals surface area contributed by atoms with Gasteiger partial charge in [-0.05, 0) is 25.5 Å². The van der Waals surface area contributed by atoms with Crippen LogP contribution in [-0.2, 0) is 13.1 Å². The van der Waals surface area contributed by atoms with E-state index in [1.54, 1.807) is 18.4 Å². The molecule has 0 saturated heterocycles. The molecule has 0 aliphatic carbocycles. The number of aliphatic imine (C=N–C) groups is 1. The average Bonchev–Trinajstić information content (AvgIpc) is 2.87. The van der Waals surface area contributed by atoms with Gasteiger partial charge in [-0.15, -0.1) is 11.3 Å². The molecule has 0 unspecified atom stereocenters. The zero-order chi connectivity index (χ0) is 15.2. The quantitative estimate of drug-likeness (QED) is 0.696. The summed E-state index contributed by atoms with van der Waals surface area (Å²) in [6, 6.07) is 4.09. The highest BCUT2D eigenvalue weighted by atomic mass is 32.1. The van der Waals surface area contributed by atoms with Gasteiger partial charge in [0, 0.05) is 37.9 Å². The number of aryl methyl sites for hydroxylation is 2. The van der Waals surface area contributed by atoms with Crippen LogP contribution in [0.5, 0.6) is 0 Å². The SMILES string of the molecule is CN=C(NCc1ccc(C)nc1)N(C)Cc1csc(C)n1. The number of aromatic nitrogens is 2. The third kappa shape index (κ3) is 4.53.